The van der Waals surface area contributed by atoms with Gasteiger partial charge >= 0.3 is 0 Å². The van der Waals surface area contributed by atoms with Gasteiger partial charge in [0.2, 0.25) is 12.7 Å². The van der Waals surface area contributed by atoms with Crippen molar-refractivity contribution in [2.75, 3.05) is 20.4 Å². The Balaban J connectivity index is 1.53. The molecule has 31 heavy (non-hydrogen) atoms. The molecule has 3 aromatic rings. The number of oxazole rings is 1. The minimum atomic E-state index is -0.140. The molecular formula is C24H27N3O4. The average molecular weight is 421 g/mol. The summed E-state index contributed by atoms with van der Waals surface area (Å²) in [6.45, 7) is 6.74. The van der Waals surface area contributed by atoms with Crippen molar-refractivity contribution in [3.63, 3.8) is 0 Å². The molecule has 4 rings (SSSR count). The summed E-state index contributed by atoms with van der Waals surface area (Å²) < 4.78 is 16.6. The highest BCUT2D eigenvalue weighted by molar-refractivity contribution is 5.91. The first-order chi connectivity index (χ1) is 15.0. The molecule has 0 atom stereocenters. The smallest absolute Gasteiger partial charge is 0.275 e. The van der Waals surface area contributed by atoms with E-state index in [2.05, 4.69) is 41.1 Å². The van der Waals surface area contributed by atoms with E-state index in [1.807, 2.05) is 25.1 Å². The van der Waals surface area contributed by atoms with Gasteiger partial charge in [-0.25, -0.2) is 4.98 Å². The molecule has 0 fully saturated rings. The highest BCUT2D eigenvalue weighted by Crippen LogP contribution is 2.33. The van der Waals surface area contributed by atoms with Crippen LogP contribution in [0.25, 0.3) is 0 Å². The summed E-state index contributed by atoms with van der Waals surface area (Å²) >= 11 is 0. The molecule has 0 bridgehead atoms. The predicted octanol–water partition coefficient (Wildman–Crippen LogP) is 4.01. The van der Waals surface area contributed by atoms with E-state index in [9.17, 15) is 4.79 Å². The molecule has 0 unspecified atom stereocenters. The zero-order valence-corrected chi connectivity index (χ0v) is 18.1. The zero-order chi connectivity index (χ0) is 21.8. The van der Waals surface area contributed by atoms with Gasteiger partial charge in [-0.3, -0.25) is 9.69 Å². The van der Waals surface area contributed by atoms with Crippen LogP contribution in [0, 0.1) is 6.92 Å². The third kappa shape index (κ3) is 5.06. The van der Waals surface area contributed by atoms with E-state index in [-0.39, 0.29) is 12.7 Å². The number of carbonyl (C=O) groups is 1. The first kappa shape index (κ1) is 20.9. The summed E-state index contributed by atoms with van der Waals surface area (Å²) in [5.41, 5.74) is 3.85. The van der Waals surface area contributed by atoms with Gasteiger partial charge in [0, 0.05) is 26.7 Å². The number of amides is 1. The van der Waals surface area contributed by atoms with Crippen molar-refractivity contribution >= 4 is 5.91 Å². The van der Waals surface area contributed by atoms with Crippen LogP contribution in [0.1, 0.15) is 40.0 Å². The number of aromatic nitrogens is 1. The number of carbonyl (C=O) groups excluding carboxylic acids is 1. The molecule has 1 aliphatic heterocycles. The molecule has 7 nitrogen and oxygen atoms in total. The lowest BCUT2D eigenvalue weighted by molar-refractivity contribution is 0.0796. The molecule has 162 valence electrons. The molecule has 1 aliphatic rings. The van der Waals surface area contributed by atoms with E-state index >= 15 is 0 Å². The van der Waals surface area contributed by atoms with E-state index in [0.29, 0.717) is 31.2 Å². The monoisotopic (exact) mass is 421 g/mol. The number of hydrogen-bond donors (Lipinski definition) is 0. The Morgan fingerprint density at radius 1 is 1.00 bits per heavy atom. The Kier molecular flexibility index (Phi) is 6.23. The minimum absolute atomic E-state index is 0.140. The van der Waals surface area contributed by atoms with Gasteiger partial charge in [0.15, 0.2) is 17.2 Å². The molecule has 2 aromatic carbocycles. The van der Waals surface area contributed by atoms with Crippen molar-refractivity contribution in [2.45, 2.75) is 33.5 Å². The maximum absolute atomic E-state index is 12.4. The highest BCUT2D eigenvalue weighted by atomic mass is 16.7. The summed E-state index contributed by atoms with van der Waals surface area (Å²) in [7, 11) is 1.75. The first-order valence-corrected chi connectivity index (χ1v) is 10.4. The van der Waals surface area contributed by atoms with Gasteiger partial charge in [0.1, 0.15) is 6.26 Å². The van der Waals surface area contributed by atoms with Crippen molar-refractivity contribution in [3.05, 3.63) is 77.0 Å². The third-order valence-corrected chi connectivity index (χ3v) is 5.32. The molecule has 0 N–H and O–H groups in total. The molecule has 0 radical (unpaired) electrons. The maximum atomic E-state index is 12.4. The number of nitrogens with zero attached hydrogens (tertiary/aromatic N) is 3. The van der Waals surface area contributed by atoms with Gasteiger partial charge in [0.25, 0.3) is 5.91 Å². The van der Waals surface area contributed by atoms with E-state index in [1.54, 1.807) is 11.9 Å². The van der Waals surface area contributed by atoms with Gasteiger partial charge in [-0.05, 0) is 37.1 Å². The van der Waals surface area contributed by atoms with Crippen molar-refractivity contribution in [1.82, 2.24) is 14.8 Å². The van der Waals surface area contributed by atoms with Crippen LogP contribution in [0.5, 0.6) is 11.5 Å². The van der Waals surface area contributed by atoms with E-state index < -0.39 is 0 Å². The molecule has 0 spiro atoms. The Morgan fingerprint density at radius 2 is 1.71 bits per heavy atom. The topological polar surface area (TPSA) is 68.0 Å². The summed E-state index contributed by atoms with van der Waals surface area (Å²) in [5, 5.41) is 0. The van der Waals surface area contributed by atoms with E-state index in [1.165, 1.54) is 17.4 Å². The fourth-order valence-corrected chi connectivity index (χ4v) is 3.43. The first-order valence-electron chi connectivity index (χ1n) is 10.4. The second kappa shape index (κ2) is 9.22. The second-order valence-electron chi connectivity index (χ2n) is 7.76. The van der Waals surface area contributed by atoms with Crippen molar-refractivity contribution in [1.29, 1.82) is 0 Å². The number of aryl methyl sites for hydroxylation is 1. The number of rotatable bonds is 8. The van der Waals surface area contributed by atoms with Crippen LogP contribution >= 0.6 is 0 Å². The molecule has 0 saturated heterocycles. The largest absolute Gasteiger partial charge is 0.454 e. The molecule has 7 heteroatoms. The van der Waals surface area contributed by atoms with Crippen LogP contribution in [0.4, 0.5) is 0 Å². The molecule has 2 heterocycles. The fraction of sp³-hybridized carbons (Fsp3) is 0.333. The van der Waals surface area contributed by atoms with E-state index in [4.69, 9.17) is 13.9 Å². The molecule has 1 aromatic heterocycles. The normalized spacial score (nSPS) is 12.4. The van der Waals surface area contributed by atoms with Gasteiger partial charge in [-0.1, -0.05) is 35.9 Å². The lowest BCUT2D eigenvalue weighted by Gasteiger charge is -2.21. The number of benzene rings is 2. The van der Waals surface area contributed by atoms with Crippen molar-refractivity contribution < 1.29 is 18.7 Å². The van der Waals surface area contributed by atoms with Crippen molar-refractivity contribution in [2.24, 2.45) is 0 Å². The zero-order valence-electron chi connectivity index (χ0n) is 18.1. The lowest BCUT2D eigenvalue weighted by atomic mass is 10.1. The highest BCUT2D eigenvalue weighted by Gasteiger charge is 2.19. The third-order valence-electron chi connectivity index (χ3n) is 5.32. The van der Waals surface area contributed by atoms with E-state index in [0.717, 1.165) is 23.6 Å². The fourth-order valence-electron chi connectivity index (χ4n) is 3.43. The van der Waals surface area contributed by atoms with Gasteiger partial charge < -0.3 is 18.8 Å². The van der Waals surface area contributed by atoms with Gasteiger partial charge in [0.05, 0.1) is 6.54 Å². The summed E-state index contributed by atoms with van der Waals surface area (Å²) in [6.07, 6.45) is 1.44. The Morgan fingerprint density at radius 3 is 2.48 bits per heavy atom. The number of fused-ring (bicyclic) bond motifs is 1. The lowest BCUT2D eigenvalue weighted by Crippen LogP contribution is -2.26. The van der Waals surface area contributed by atoms with Crippen LogP contribution in [0.2, 0.25) is 0 Å². The van der Waals surface area contributed by atoms with Crippen LogP contribution in [-0.4, -0.2) is 41.1 Å². The standard InChI is InChI=1S/C24H27N3O4/c1-4-26(3)24(28)20-15-29-23(25-20)14-27(12-18-7-5-17(2)6-8-18)13-19-9-10-21-22(11-19)31-16-30-21/h5-11,15H,4,12-14,16H2,1-3H3. The summed E-state index contributed by atoms with van der Waals surface area (Å²) in [5.74, 6) is 1.91. The van der Waals surface area contributed by atoms with Gasteiger partial charge in [-0.15, -0.1) is 0 Å². The second-order valence-corrected chi connectivity index (χ2v) is 7.76. The van der Waals surface area contributed by atoms with Crippen LogP contribution in [0.15, 0.2) is 53.1 Å². The Bertz CT molecular complexity index is 1050. The van der Waals surface area contributed by atoms with Crippen LogP contribution in [-0.2, 0) is 19.6 Å². The molecule has 0 aliphatic carbocycles. The maximum Gasteiger partial charge on any atom is 0.275 e. The predicted molar refractivity (Wildman–Crippen MR) is 116 cm³/mol. The number of ether oxygens (including phenoxy) is 2. The molecular weight excluding hydrogens is 394 g/mol. The van der Waals surface area contributed by atoms with Gasteiger partial charge in [-0.2, -0.15) is 0 Å². The SMILES string of the molecule is CCN(C)C(=O)c1coc(CN(Cc2ccc(C)cc2)Cc2ccc3c(c2)OCO3)n1. The van der Waals surface area contributed by atoms with Crippen LogP contribution in [0.3, 0.4) is 0 Å². The quantitative estimate of drug-likeness (QED) is 0.548. The Hall–Kier alpha value is -3.32. The summed E-state index contributed by atoms with van der Waals surface area (Å²) in [4.78, 5) is 20.6. The van der Waals surface area contributed by atoms with Crippen molar-refractivity contribution in [3.8, 4) is 11.5 Å². The summed E-state index contributed by atoms with van der Waals surface area (Å²) in [6, 6.07) is 14.4. The minimum Gasteiger partial charge on any atom is -0.454 e. The number of hydrogen-bond acceptors (Lipinski definition) is 6. The molecule has 0 saturated carbocycles. The average Bonchev–Trinajstić information content (AvgIpc) is 3.43. The van der Waals surface area contributed by atoms with Crippen LogP contribution < -0.4 is 9.47 Å². The Labute approximate surface area is 182 Å². The molecule has 1 amide bonds.